The summed E-state index contributed by atoms with van der Waals surface area (Å²) in [4.78, 5) is 34.1. The Hall–Kier alpha value is -3.65. The van der Waals surface area contributed by atoms with Crippen molar-refractivity contribution in [1.82, 2.24) is 15.2 Å². The third-order valence-corrected chi connectivity index (χ3v) is 5.58. The molecule has 1 aliphatic rings. The lowest BCUT2D eigenvalue weighted by atomic mass is 10.1. The van der Waals surface area contributed by atoms with Crippen molar-refractivity contribution >= 4 is 23.3 Å². The summed E-state index contributed by atoms with van der Waals surface area (Å²) in [6.07, 6.45) is 3.25. The first-order valence-corrected chi connectivity index (χ1v) is 10.6. The van der Waals surface area contributed by atoms with Crippen molar-refractivity contribution in [2.24, 2.45) is 0 Å². The lowest BCUT2D eigenvalue weighted by Gasteiger charge is -2.33. The molecule has 1 saturated heterocycles. The minimum Gasteiger partial charge on any atom is -0.459 e. The van der Waals surface area contributed by atoms with Crippen molar-refractivity contribution in [1.29, 1.82) is 0 Å². The molecule has 1 fully saturated rings. The number of pyridine rings is 1. The molecule has 8 heteroatoms. The maximum Gasteiger partial charge on any atom is 0.291 e. The molecule has 3 aromatic rings. The molecule has 0 aliphatic carbocycles. The molecule has 2 N–H and O–H groups in total. The van der Waals surface area contributed by atoms with E-state index in [1.807, 2.05) is 19.1 Å². The Morgan fingerprint density at radius 1 is 1.06 bits per heavy atom. The summed E-state index contributed by atoms with van der Waals surface area (Å²) < 4.78 is 5.12. The van der Waals surface area contributed by atoms with Gasteiger partial charge in [0.2, 0.25) is 0 Å². The Labute approximate surface area is 187 Å². The van der Waals surface area contributed by atoms with Crippen LogP contribution in [-0.2, 0) is 6.54 Å². The molecule has 32 heavy (non-hydrogen) atoms. The molecular weight excluding hydrogens is 406 g/mol. The molecule has 0 bridgehead atoms. The molecule has 2 aromatic heterocycles. The molecule has 0 spiro atoms. The quantitative estimate of drug-likeness (QED) is 0.621. The van der Waals surface area contributed by atoms with Gasteiger partial charge >= 0.3 is 0 Å². The Morgan fingerprint density at radius 2 is 1.88 bits per heavy atom. The predicted molar refractivity (Wildman–Crippen MR) is 123 cm³/mol. The number of amides is 2. The third kappa shape index (κ3) is 5.15. The first kappa shape index (κ1) is 21.6. The highest BCUT2D eigenvalue weighted by Crippen LogP contribution is 2.19. The second-order valence-corrected chi connectivity index (χ2v) is 7.96. The summed E-state index contributed by atoms with van der Waals surface area (Å²) in [6, 6.07) is 12.4. The number of hydrogen-bond donors (Lipinski definition) is 2. The Balaban J connectivity index is 1.35. The fourth-order valence-corrected chi connectivity index (χ4v) is 3.52. The standard InChI is InChI=1S/C24H27N5O3/c1-17-5-7-19(14-20(17)27-24(31)21-4-3-13-32-21)23(30)26-16-18-6-8-22(25-15-18)29-11-9-28(2)10-12-29/h3-8,13-15H,9-12,16H2,1-2H3,(H,26,30)(H,27,31). The van der Waals surface area contributed by atoms with Crippen molar-refractivity contribution in [3.8, 4) is 0 Å². The highest BCUT2D eigenvalue weighted by Gasteiger charge is 2.16. The lowest BCUT2D eigenvalue weighted by Crippen LogP contribution is -2.44. The van der Waals surface area contributed by atoms with Gasteiger partial charge in [-0.15, -0.1) is 0 Å². The van der Waals surface area contributed by atoms with E-state index in [0.717, 1.165) is 43.1 Å². The van der Waals surface area contributed by atoms with E-state index < -0.39 is 0 Å². The molecule has 0 unspecified atom stereocenters. The van der Waals surface area contributed by atoms with Crippen LogP contribution in [0.3, 0.4) is 0 Å². The fourth-order valence-electron chi connectivity index (χ4n) is 3.52. The van der Waals surface area contributed by atoms with E-state index >= 15 is 0 Å². The molecule has 0 atom stereocenters. The SMILES string of the molecule is Cc1ccc(C(=O)NCc2ccc(N3CCN(C)CC3)nc2)cc1NC(=O)c1ccco1. The highest BCUT2D eigenvalue weighted by molar-refractivity contribution is 6.03. The fraction of sp³-hybridized carbons (Fsp3) is 0.292. The van der Waals surface area contributed by atoms with Gasteiger partial charge in [-0.1, -0.05) is 12.1 Å². The normalized spacial score (nSPS) is 14.2. The van der Waals surface area contributed by atoms with Crippen LogP contribution in [0.2, 0.25) is 0 Å². The number of piperazine rings is 1. The highest BCUT2D eigenvalue weighted by atomic mass is 16.3. The van der Waals surface area contributed by atoms with Crippen LogP contribution in [0.1, 0.15) is 32.0 Å². The number of likely N-dealkylation sites (N-methyl/N-ethyl adjacent to an activating group) is 1. The maximum absolute atomic E-state index is 12.7. The van der Waals surface area contributed by atoms with Gasteiger partial charge in [0.15, 0.2) is 5.76 Å². The van der Waals surface area contributed by atoms with Crippen LogP contribution in [0.4, 0.5) is 11.5 Å². The number of nitrogens with zero attached hydrogens (tertiary/aromatic N) is 3. The largest absolute Gasteiger partial charge is 0.459 e. The van der Waals surface area contributed by atoms with Gasteiger partial charge in [-0.3, -0.25) is 9.59 Å². The Morgan fingerprint density at radius 3 is 2.56 bits per heavy atom. The van der Waals surface area contributed by atoms with Crippen molar-refractivity contribution < 1.29 is 14.0 Å². The van der Waals surface area contributed by atoms with E-state index in [4.69, 9.17) is 4.42 Å². The summed E-state index contributed by atoms with van der Waals surface area (Å²) in [5.41, 5.74) is 2.81. The third-order valence-electron chi connectivity index (χ3n) is 5.58. The lowest BCUT2D eigenvalue weighted by molar-refractivity contribution is 0.0949. The molecule has 0 radical (unpaired) electrons. The Kier molecular flexibility index (Phi) is 6.51. The van der Waals surface area contributed by atoms with Gasteiger partial charge in [-0.2, -0.15) is 0 Å². The smallest absolute Gasteiger partial charge is 0.291 e. The van der Waals surface area contributed by atoms with Gasteiger partial charge in [-0.05, 0) is 55.4 Å². The van der Waals surface area contributed by atoms with Gasteiger partial charge < -0.3 is 24.9 Å². The van der Waals surface area contributed by atoms with E-state index in [2.05, 4.69) is 32.5 Å². The van der Waals surface area contributed by atoms with Gasteiger partial charge in [0.1, 0.15) is 5.82 Å². The maximum atomic E-state index is 12.7. The number of rotatable bonds is 6. The number of aryl methyl sites for hydroxylation is 1. The van der Waals surface area contributed by atoms with E-state index in [1.54, 1.807) is 36.5 Å². The number of carbonyl (C=O) groups is 2. The number of benzene rings is 1. The minimum atomic E-state index is -0.359. The van der Waals surface area contributed by atoms with Crippen LogP contribution in [0.15, 0.2) is 59.3 Å². The number of hydrogen-bond acceptors (Lipinski definition) is 6. The van der Waals surface area contributed by atoms with Gasteiger partial charge in [0.05, 0.1) is 6.26 Å². The molecule has 4 rings (SSSR count). The van der Waals surface area contributed by atoms with E-state index in [0.29, 0.717) is 17.8 Å². The van der Waals surface area contributed by atoms with Crippen LogP contribution < -0.4 is 15.5 Å². The molecule has 3 heterocycles. The topological polar surface area (TPSA) is 90.7 Å². The molecule has 0 saturated carbocycles. The van der Waals surface area contributed by atoms with Crippen molar-refractivity contribution in [3.05, 3.63) is 77.4 Å². The molecule has 1 aliphatic heterocycles. The Bertz CT molecular complexity index is 1070. The first-order chi connectivity index (χ1) is 15.5. The minimum absolute atomic E-state index is 0.215. The molecular formula is C24H27N5O3. The van der Waals surface area contributed by atoms with Crippen LogP contribution >= 0.6 is 0 Å². The summed E-state index contributed by atoms with van der Waals surface area (Å²) >= 11 is 0. The second-order valence-electron chi connectivity index (χ2n) is 7.96. The average molecular weight is 434 g/mol. The average Bonchev–Trinajstić information content (AvgIpc) is 3.35. The number of nitrogens with one attached hydrogen (secondary N) is 2. The van der Waals surface area contributed by atoms with Crippen LogP contribution in [0, 0.1) is 6.92 Å². The summed E-state index contributed by atoms with van der Waals surface area (Å²) in [6.45, 7) is 6.22. The zero-order valence-electron chi connectivity index (χ0n) is 18.3. The summed E-state index contributed by atoms with van der Waals surface area (Å²) in [5, 5.41) is 5.71. The van der Waals surface area contributed by atoms with E-state index in [-0.39, 0.29) is 17.6 Å². The van der Waals surface area contributed by atoms with Crippen molar-refractivity contribution in [2.45, 2.75) is 13.5 Å². The van der Waals surface area contributed by atoms with Gasteiger partial charge in [0.25, 0.3) is 11.8 Å². The molecule has 8 nitrogen and oxygen atoms in total. The zero-order valence-corrected chi connectivity index (χ0v) is 18.3. The van der Waals surface area contributed by atoms with Gasteiger partial charge in [0, 0.05) is 50.2 Å². The number of carbonyl (C=O) groups excluding carboxylic acids is 2. The molecule has 166 valence electrons. The first-order valence-electron chi connectivity index (χ1n) is 10.6. The monoisotopic (exact) mass is 433 g/mol. The van der Waals surface area contributed by atoms with E-state index in [1.165, 1.54) is 6.26 Å². The van der Waals surface area contributed by atoms with Crippen LogP contribution in [0.25, 0.3) is 0 Å². The van der Waals surface area contributed by atoms with Crippen molar-refractivity contribution in [2.75, 3.05) is 43.4 Å². The second kappa shape index (κ2) is 9.65. The van der Waals surface area contributed by atoms with Gasteiger partial charge in [-0.25, -0.2) is 4.98 Å². The summed E-state index contributed by atoms with van der Waals surface area (Å²) in [7, 11) is 2.13. The number of aromatic nitrogens is 1. The van der Waals surface area contributed by atoms with Crippen LogP contribution in [-0.4, -0.2) is 54.9 Å². The number of furan rings is 1. The number of anilines is 2. The van der Waals surface area contributed by atoms with E-state index in [9.17, 15) is 9.59 Å². The van der Waals surface area contributed by atoms with Crippen molar-refractivity contribution in [3.63, 3.8) is 0 Å². The molecule has 2 amide bonds. The zero-order chi connectivity index (χ0) is 22.5. The van der Waals surface area contributed by atoms with Crippen LogP contribution in [0.5, 0.6) is 0 Å². The molecule has 1 aromatic carbocycles. The summed E-state index contributed by atoms with van der Waals surface area (Å²) in [5.74, 6) is 0.597. The predicted octanol–water partition coefficient (Wildman–Crippen LogP) is 2.92.